The van der Waals surface area contributed by atoms with Crippen LogP contribution in [0.2, 0.25) is 10.0 Å². The maximum Gasteiger partial charge on any atom is 0.239 e. The van der Waals surface area contributed by atoms with Gasteiger partial charge in [0, 0.05) is 50.3 Å². The molecule has 0 bridgehead atoms. The van der Waals surface area contributed by atoms with E-state index in [0.29, 0.717) is 16.6 Å². The lowest BCUT2D eigenvalue weighted by molar-refractivity contribution is -0.129. The molecule has 2 amide bonds. The summed E-state index contributed by atoms with van der Waals surface area (Å²) in [7, 11) is 0. The maximum absolute atomic E-state index is 14.5. The van der Waals surface area contributed by atoms with Crippen LogP contribution >= 0.6 is 35.0 Å². The van der Waals surface area contributed by atoms with Crippen LogP contribution in [0, 0.1) is 6.92 Å². The third-order valence-corrected chi connectivity index (χ3v) is 9.50. The van der Waals surface area contributed by atoms with E-state index in [2.05, 4.69) is 15.3 Å². The van der Waals surface area contributed by atoms with Crippen LogP contribution in [-0.2, 0) is 22.7 Å². The summed E-state index contributed by atoms with van der Waals surface area (Å²) in [4.78, 5) is 39.0. The SMILES string of the molecule is Cc1ccc(S[C@]2(C(=O)NCc3ccccn3)CC(=O)N(Cc3ccc(Cl)cc3)[C@H]2c2c[nH]c3cc(Cl)ccc23)cc1. The highest BCUT2D eigenvalue weighted by atomic mass is 35.5. The van der Waals surface area contributed by atoms with E-state index in [9.17, 15) is 9.59 Å². The lowest BCUT2D eigenvalue weighted by atomic mass is 9.91. The molecule has 1 saturated heterocycles. The van der Waals surface area contributed by atoms with Crippen LogP contribution in [-0.4, -0.2) is 31.4 Å². The monoisotopic (exact) mass is 614 g/mol. The fraction of sp³-hybridized carbons (Fsp3) is 0.182. The highest BCUT2D eigenvalue weighted by molar-refractivity contribution is 8.01. The molecule has 3 aromatic carbocycles. The molecule has 3 heterocycles. The number of carbonyl (C=O) groups excluding carboxylic acids is 2. The number of halogens is 2. The van der Waals surface area contributed by atoms with Crippen molar-refractivity contribution in [1.29, 1.82) is 0 Å². The summed E-state index contributed by atoms with van der Waals surface area (Å²) < 4.78 is -1.18. The second-order valence-corrected chi connectivity index (χ2v) is 12.7. The molecular weight excluding hydrogens is 587 g/mol. The van der Waals surface area contributed by atoms with E-state index in [1.807, 2.05) is 103 Å². The number of aryl methyl sites for hydroxylation is 1. The molecule has 1 fully saturated rings. The van der Waals surface area contributed by atoms with Crippen molar-refractivity contribution in [2.24, 2.45) is 0 Å². The molecule has 2 aromatic heterocycles. The highest BCUT2D eigenvalue weighted by Crippen LogP contribution is 2.54. The molecule has 1 aliphatic rings. The number of aromatic nitrogens is 2. The first-order valence-electron chi connectivity index (χ1n) is 13.6. The maximum atomic E-state index is 14.5. The number of hydrogen-bond acceptors (Lipinski definition) is 4. The Kier molecular flexibility index (Phi) is 7.99. The molecule has 0 spiro atoms. The van der Waals surface area contributed by atoms with Crippen LogP contribution in [0.3, 0.4) is 0 Å². The van der Waals surface area contributed by atoms with E-state index in [0.717, 1.165) is 38.2 Å². The predicted molar refractivity (Wildman–Crippen MR) is 169 cm³/mol. The van der Waals surface area contributed by atoms with Crippen LogP contribution in [0.1, 0.15) is 34.8 Å². The summed E-state index contributed by atoms with van der Waals surface area (Å²) in [6, 6.07) is 26.1. The van der Waals surface area contributed by atoms with Crippen molar-refractivity contribution in [3.05, 3.63) is 130 Å². The molecule has 9 heteroatoms. The van der Waals surface area contributed by atoms with E-state index in [4.69, 9.17) is 23.2 Å². The first-order chi connectivity index (χ1) is 20.3. The van der Waals surface area contributed by atoms with Gasteiger partial charge in [-0.05, 0) is 61.0 Å². The van der Waals surface area contributed by atoms with Crippen molar-refractivity contribution in [2.75, 3.05) is 0 Å². The van der Waals surface area contributed by atoms with Crippen molar-refractivity contribution >= 4 is 57.7 Å². The second kappa shape index (κ2) is 11.8. The zero-order valence-electron chi connectivity index (χ0n) is 22.8. The molecule has 0 unspecified atom stereocenters. The number of thioether (sulfide) groups is 1. The number of aromatic amines is 1. The van der Waals surface area contributed by atoms with Gasteiger partial charge in [0.2, 0.25) is 11.8 Å². The third kappa shape index (κ3) is 5.64. The molecule has 6 rings (SSSR count). The molecule has 1 aliphatic heterocycles. The van der Waals surface area contributed by atoms with Gasteiger partial charge in [0.1, 0.15) is 4.75 Å². The van der Waals surface area contributed by atoms with E-state index < -0.39 is 10.8 Å². The number of nitrogens with one attached hydrogen (secondary N) is 2. The molecule has 42 heavy (non-hydrogen) atoms. The first kappa shape index (κ1) is 28.3. The number of hydrogen-bond donors (Lipinski definition) is 2. The summed E-state index contributed by atoms with van der Waals surface area (Å²) in [5.41, 5.74) is 4.47. The molecule has 0 radical (unpaired) electrons. The first-order valence-corrected chi connectivity index (χ1v) is 15.1. The number of amides is 2. The number of fused-ring (bicyclic) bond motifs is 1. The molecule has 0 aliphatic carbocycles. The number of nitrogens with zero attached hydrogens (tertiary/aromatic N) is 2. The number of benzene rings is 3. The summed E-state index contributed by atoms with van der Waals surface area (Å²) in [5.74, 6) is -0.329. The molecule has 6 nitrogen and oxygen atoms in total. The molecular formula is C33H28Cl2N4O2S. The van der Waals surface area contributed by atoms with E-state index >= 15 is 0 Å². The van der Waals surface area contributed by atoms with E-state index in [1.54, 1.807) is 6.20 Å². The number of pyridine rings is 1. The van der Waals surface area contributed by atoms with Gasteiger partial charge < -0.3 is 15.2 Å². The van der Waals surface area contributed by atoms with Gasteiger partial charge in [0.15, 0.2) is 0 Å². The van der Waals surface area contributed by atoms with Crippen LogP contribution in [0.5, 0.6) is 0 Å². The largest absolute Gasteiger partial charge is 0.361 e. The Balaban J connectivity index is 1.49. The quantitative estimate of drug-likeness (QED) is 0.190. The second-order valence-electron chi connectivity index (χ2n) is 10.5. The highest BCUT2D eigenvalue weighted by Gasteiger charge is 2.58. The Morgan fingerprint density at radius 1 is 1.05 bits per heavy atom. The van der Waals surface area contributed by atoms with Gasteiger partial charge in [0.05, 0.1) is 24.7 Å². The lowest BCUT2D eigenvalue weighted by Crippen LogP contribution is -2.48. The van der Waals surface area contributed by atoms with Crippen molar-refractivity contribution in [1.82, 2.24) is 20.2 Å². The van der Waals surface area contributed by atoms with E-state index in [-0.39, 0.29) is 24.8 Å². The predicted octanol–water partition coefficient (Wildman–Crippen LogP) is 7.50. The smallest absolute Gasteiger partial charge is 0.239 e. The van der Waals surface area contributed by atoms with Gasteiger partial charge in [-0.15, -0.1) is 11.8 Å². The van der Waals surface area contributed by atoms with Crippen LogP contribution in [0.15, 0.2) is 102 Å². The minimum atomic E-state index is -1.18. The normalized spacial score (nSPS) is 18.5. The summed E-state index contributed by atoms with van der Waals surface area (Å²) in [6.07, 6.45) is 3.62. The molecule has 5 aromatic rings. The summed E-state index contributed by atoms with van der Waals surface area (Å²) in [6.45, 7) is 2.60. The number of H-pyrrole nitrogens is 1. The van der Waals surface area contributed by atoms with Crippen molar-refractivity contribution in [2.45, 2.75) is 42.1 Å². The van der Waals surface area contributed by atoms with Gasteiger partial charge in [-0.25, -0.2) is 0 Å². The van der Waals surface area contributed by atoms with Gasteiger partial charge in [-0.2, -0.15) is 0 Å². The minimum Gasteiger partial charge on any atom is -0.361 e. The zero-order chi connectivity index (χ0) is 29.3. The van der Waals surface area contributed by atoms with Crippen LogP contribution in [0.25, 0.3) is 10.9 Å². The Hall–Kier alpha value is -3.78. The Morgan fingerprint density at radius 3 is 2.55 bits per heavy atom. The molecule has 2 atom stereocenters. The van der Waals surface area contributed by atoms with Crippen molar-refractivity contribution < 1.29 is 9.59 Å². The van der Waals surface area contributed by atoms with Crippen molar-refractivity contribution in [3.63, 3.8) is 0 Å². The fourth-order valence-electron chi connectivity index (χ4n) is 5.53. The topological polar surface area (TPSA) is 78.1 Å². The van der Waals surface area contributed by atoms with Gasteiger partial charge in [-0.1, -0.05) is 65.2 Å². The molecule has 2 N–H and O–H groups in total. The fourth-order valence-corrected chi connectivity index (χ4v) is 7.25. The van der Waals surface area contributed by atoms with Crippen molar-refractivity contribution in [3.8, 4) is 0 Å². The number of carbonyl (C=O) groups is 2. The lowest BCUT2D eigenvalue weighted by Gasteiger charge is -2.36. The minimum absolute atomic E-state index is 0.0259. The summed E-state index contributed by atoms with van der Waals surface area (Å²) >= 11 is 13.9. The Labute approximate surface area is 258 Å². The number of likely N-dealkylation sites (tertiary alicyclic amines) is 1. The molecule has 0 saturated carbocycles. The standard InChI is InChI=1S/C33H28Cl2N4O2S/c1-21-5-12-26(13-6-21)42-33(32(41)38-18-25-4-2-3-15-36-25)17-30(40)39(20-22-7-9-23(34)10-8-22)31(33)28-19-37-29-16-24(35)11-14-27(28)29/h2-16,19,31,37H,17-18,20H2,1H3,(H,38,41)/t31-,33+/m0/s1. The van der Waals surface area contributed by atoms with Gasteiger partial charge >= 0.3 is 0 Å². The average Bonchev–Trinajstić information content (AvgIpc) is 3.52. The zero-order valence-corrected chi connectivity index (χ0v) is 25.1. The Bertz CT molecular complexity index is 1740. The Morgan fingerprint density at radius 2 is 1.81 bits per heavy atom. The van der Waals surface area contributed by atoms with Crippen LogP contribution < -0.4 is 5.32 Å². The number of rotatable bonds is 8. The van der Waals surface area contributed by atoms with Gasteiger partial charge in [-0.3, -0.25) is 14.6 Å². The molecule has 212 valence electrons. The van der Waals surface area contributed by atoms with Crippen LogP contribution in [0.4, 0.5) is 0 Å². The third-order valence-electron chi connectivity index (χ3n) is 7.59. The summed E-state index contributed by atoms with van der Waals surface area (Å²) in [5, 5.41) is 5.26. The average molecular weight is 616 g/mol. The van der Waals surface area contributed by atoms with E-state index in [1.165, 1.54) is 11.8 Å². The van der Waals surface area contributed by atoms with Gasteiger partial charge in [0.25, 0.3) is 0 Å².